The predicted octanol–water partition coefficient (Wildman–Crippen LogP) is 3.89. The quantitative estimate of drug-likeness (QED) is 0.400. The van der Waals surface area contributed by atoms with Gasteiger partial charge in [-0.1, -0.05) is 11.6 Å². The third-order valence-corrected chi connectivity index (χ3v) is 4.51. The second kappa shape index (κ2) is 8.14. The van der Waals surface area contributed by atoms with E-state index in [0.717, 1.165) is 17.0 Å². The van der Waals surface area contributed by atoms with E-state index in [9.17, 15) is 9.59 Å². The summed E-state index contributed by atoms with van der Waals surface area (Å²) < 4.78 is 11.7. The highest BCUT2D eigenvalue weighted by atomic mass is 35.5. The van der Waals surface area contributed by atoms with Crippen LogP contribution in [0, 0.1) is 13.8 Å². The summed E-state index contributed by atoms with van der Waals surface area (Å²) in [6, 6.07) is 10.0. The van der Waals surface area contributed by atoms with Crippen LogP contribution in [-0.2, 0) is 4.74 Å². The van der Waals surface area contributed by atoms with Crippen molar-refractivity contribution in [2.75, 3.05) is 7.11 Å². The highest BCUT2D eigenvalue weighted by Crippen LogP contribution is 2.27. The number of nitrogens with one attached hydrogen (secondary N) is 1. The van der Waals surface area contributed by atoms with Gasteiger partial charge in [0.25, 0.3) is 0 Å². The lowest BCUT2D eigenvalue weighted by Crippen LogP contribution is -2.16. The van der Waals surface area contributed by atoms with Crippen molar-refractivity contribution in [3.05, 3.63) is 76.0 Å². The van der Waals surface area contributed by atoms with E-state index in [1.807, 2.05) is 24.5 Å². The predicted molar refractivity (Wildman–Crippen MR) is 105 cm³/mol. The molecule has 144 valence electrons. The molecule has 2 aromatic heterocycles. The molecule has 0 aliphatic carbocycles. The number of furan rings is 1. The Morgan fingerprint density at radius 3 is 2.71 bits per heavy atom. The number of rotatable bonds is 5. The molecule has 28 heavy (non-hydrogen) atoms. The highest BCUT2D eigenvalue weighted by molar-refractivity contribution is 6.32. The zero-order valence-corrected chi connectivity index (χ0v) is 16.3. The smallest absolute Gasteiger partial charge is 0.337 e. The fourth-order valence-corrected chi connectivity index (χ4v) is 3.04. The number of esters is 1. The van der Waals surface area contributed by atoms with Gasteiger partial charge in [-0.2, -0.15) is 5.10 Å². The van der Waals surface area contributed by atoms with Crippen molar-refractivity contribution in [2.24, 2.45) is 5.10 Å². The van der Waals surface area contributed by atoms with Crippen LogP contribution in [0.3, 0.4) is 0 Å². The van der Waals surface area contributed by atoms with Crippen LogP contribution in [-0.4, -0.2) is 29.8 Å². The molecule has 0 aliphatic heterocycles. The second-order valence-electron chi connectivity index (χ2n) is 6.00. The van der Waals surface area contributed by atoms with Gasteiger partial charge < -0.3 is 13.7 Å². The van der Waals surface area contributed by atoms with Gasteiger partial charge in [-0.15, -0.1) is 0 Å². The van der Waals surface area contributed by atoms with E-state index in [1.54, 1.807) is 30.3 Å². The molecule has 7 nitrogen and oxygen atoms in total. The van der Waals surface area contributed by atoms with E-state index in [-0.39, 0.29) is 5.76 Å². The summed E-state index contributed by atoms with van der Waals surface area (Å²) in [5, 5.41) is 4.47. The van der Waals surface area contributed by atoms with Gasteiger partial charge in [0.1, 0.15) is 0 Å². The third-order valence-electron chi connectivity index (χ3n) is 4.19. The first-order chi connectivity index (χ1) is 13.4. The van der Waals surface area contributed by atoms with Crippen LogP contribution in [0.2, 0.25) is 5.02 Å². The lowest BCUT2D eigenvalue weighted by Gasteiger charge is -2.13. The minimum absolute atomic E-state index is 0.175. The minimum Gasteiger partial charge on any atom is -0.465 e. The number of hydrogen-bond donors (Lipinski definition) is 1. The summed E-state index contributed by atoms with van der Waals surface area (Å²) in [7, 11) is 1.33. The zero-order chi connectivity index (χ0) is 20.3. The van der Waals surface area contributed by atoms with Crippen LogP contribution in [0.15, 0.2) is 52.2 Å². The molecule has 0 bridgehead atoms. The number of nitrogens with zero attached hydrogens (tertiary/aromatic N) is 2. The molecule has 3 rings (SSSR count). The molecule has 1 aromatic carbocycles. The van der Waals surface area contributed by atoms with Crippen molar-refractivity contribution >= 4 is 29.7 Å². The maximum Gasteiger partial charge on any atom is 0.337 e. The normalized spacial score (nSPS) is 11.0. The van der Waals surface area contributed by atoms with Crippen LogP contribution in [0.5, 0.6) is 0 Å². The first kappa shape index (κ1) is 19.4. The van der Waals surface area contributed by atoms with Crippen LogP contribution in [0.1, 0.15) is 37.9 Å². The first-order valence-corrected chi connectivity index (χ1v) is 8.74. The van der Waals surface area contributed by atoms with Crippen LogP contribution in [0.4, 0.5) is 0 Å². The number of halogens is 1. The van der Waals surface area contributed by atoms with Crippen molar-refractivity contribution in [3.8, 4) is 5.69 Å². The van der Waals surface area contributed by atoms with Gasteiger partial charge in [0.2, 0.25) is 0 Å². The van der Waals surface area contributed by atoms with E-state index >= 15 is 0 Å². The van der Waals surface area contributed by atoms with E-state index in [1.165, 1.54) is 19.6 Å². The molecular weight excluding hydrogens is 382 g/mol. The van der Waals surface area contributed by atoms with Crippen molar-refractivity contribution in [1.82, 2.24) is 9.99 Å². The Bertz CT molecular complexity index is 1050. The number of aryl methyl sites for hydroxylation is 1. The lowest BCUT2D eigenvalue weighted by molar-refractivity contribution is 0.0600. The molecule has 0 unspecified atom stereocenters. The average Bonchev–Trinajstić information content (AvgIpc) is 3.31. The van der Waals surface area contributed by atoms with Gasteiger partial charge in [0, 0.05) is 17.0 Å². The van der Waals surface area contributed by atoms with Gasteiger partial charge in [0.05, 0.1) is 35.9 Å². The summed E-state index contributed by atoms with van der Waals surface area (Å²) in [6.07, 6.45) is 2.95. The number of ether oxygens (including phenoxy) is 1. The standard InChI is InChI=1S/C20H18ClN3O4/c1-12-9-15(11-22-23-19(25)18-5-4-8-28-18)13(2)24(12)17-10-14(20(26)27-3)6-7-16(17)21/h4-11H,1-3H3,(H,23,25)/b22-11-. The highest BCUT2D eigenvalue weighted by Gasteiger charge is 2.15. The van der Waals surface area contributed by atoms with E-state index in [2.05, 4.69) is 10.5 Å². The van der Waals surface area contributed by atoms with Crippen LogP contribution in [0.25, 0.3) is 5.69 Å². The lowest BCUT2D eigenvalue weighted by atomic mass is 10.2. The Kier molecular flexibility index (Phi) is 5.65. The molecule has 0 atom stereocenters. The Morgan fingerprint density at radius 2 is 2.04 bits per heavy atom. The number of methoxy groups -OCH3 is 1. The van der Waals surface area contributed by atoms with E-state index in [0.29, 0.717) is 16.3 Å². The fourth-order valence-electron chi connectivity index (χ4n) is 2.84. The second-order valence-corrected chi connectivity index (χ2v) is 6.40. The number of amides is 1. The number of hydrazone groups is 1. The molecule has 1 N–H and O–H groups in total. The Hall–Kier alpha value is -3.32. The number of hydrogen-bond acceptors (Lipinski definition) is 5. The molecule has 1 amide bonds. The maximum atomic E-state index is 11.9. The van der Waals surface area contributed by atoms with Gasteiger partial charge in [0.15, 0.2) is 5.76 Å². The van der Waals surface area contributed by atoms with Gasteiger partial charge in [-0.25, -0.2) is 10.2 Å². The van der Waals surface area contributed by atoms with Gasteiger partial charge >= 0.3 is 11.9 Å². The molecule has 2 heterocycles. The SMILES string of the molecule is COC(=O)c1ccc(Cl)c(-n2c(C)cc(/C=N\NC(=O)c3ccco3)c2C)c1. The maximum absolute atomic E-state index is 11.9. The van der Waals surface area contributed by atoms with Crippen molar-refractivity contribution in [1.29, 1.82) is 0 Å². The van der Waals surface area contributed by atoms with E-state index < -0.39 is 11.9 Å². The number of benzene rings is 1. The fraction of sp³-hybridized carbons (Fsp3) is 0.150. The topological polar surface area (TPSA) is 85.8 Å². The monoisotopic (exact) mass is 399 g/mol. The zero-order valence-electron chi connectivity index (χ0n) is 15.5. The largest absolute Gasteiger partial charge is 0.465 e. The number of carbonyl (C=O) groups excluding carboxylic acids is 2. The molecule has 0 spiro atoms. The summed E-state index contributed by atoms with van der Waals surface area (Å²) >= 11 is 6.36. The van der Waals surface area contributed by atoms with E-state index in [4.69, 9.17) is 20.8 Å². The van der Waals surface area contributed by atoms with Crippen molar-refractivity contribution in [3.63, 3.8) is 0 Å². The van der Waals surface area contributed by atoms with Crippen molar-refractivity contribution in [2.45, 2.75) is 13.8 Å². The third kappa shape index (κ3) is 3.84. The van der Waals surface area contributed by atoms with Gasteiger partial charge in [-0.05, 0) is 50.2 Å². The molecule has 3 aromatic rings. The molecule has 0 aliphatic rings. The Balaban J connectivity index is 1.89. The van der Waals surface area contributed by atoms with Crippen LogP contribution < -0.4 is 5.43 Å². The van der Waals surface area contributed by atoms with Crippen LogP contribution >= 0.6 is 11.6 Å². The summed E-state index contributed by atoms with van der Waals surface area (Å²) in [5.74, 6) is -0.708. The molecule has 0 saturated heterocycles. The van der Waals surface area contributed by atoms with Gasteiger partial charge in [-0.3, -0.25) is 4.79 Å². The molecular formula is C20H18ClN3O4. The summed E-state index contributed by atoms with van der Waals surface area (Å²) in [6.45, 7) is 3.80. The van der Waals surface area contributed by atoms with Crippen molar-refractivity contribution < 1.29 is 18.7 Å². The average molecular weight is 400 g/mol. The summed E-state index contributed by atoms with van der Waals surface area (Å²) in [4.78, 5) is 23.7. The number of carbonyl (C=O) groups is 2. The molecule has 0 fully saturated rings. The summed E-state index contributed by atoms with van der Waals surface area (Å²) in [5.41, 5.74) is 5.99. The Labute approximate surface area is 166 Å². The Morgan fingerprint density at radius 1 is 1.25 bits per heavy atom. The molecule has 0 radical (unpaired) electrons. The number of aromatic nitrogens is 1. The molecule has 8 heteroatoms. The molecule has 0 saturated carbocycles. The minimum atomic E-state index is -0.442. The first-order valence-electron chi connectivity index (χ1n) is 8.36.